The van der Waals surface area contributed by atoms with E-state index in [0.29, 0.717) is 6.61 Å². The van der Waals surface area contributed by atoms with E-state index in [2.05, 4.69) is 21.8 Å². The largest absolute Gasteiger partial charge is 0.481 e. The van der Waals surface area contributed by atoms with Gasteiger partial charge in [0, 0.05) is 44.8 Å². The van der Waals surface area contributed by atoms with Crippen molar-refractivity contribution in [3.05, 3.63) is 29.8 Å². The summed E-state index contributed by atoms with van der Waals surface area (Å²) in [5, 5.41) is 8.95. The zero-order chi connectivity index (χ0) is 14.2. The minimum absolute atomic E-state index is 0.239. The standard InChI is InChI=1S/C16H22N2O2/c1-2-13-20-16-6-4-3-5-15(16)14-18-9-7-17(8-10-18)11-12-19/h1,3-6,19H,7-14H2. The molecule has 0 aliphatic carbocycles. The molecule has 1 heterocycles. The monoisotopic (exact) mass is 274 g/mol. The van der Waals surface area contributed by atoms with Crippen LogP contribution < -0.4 is 4.74 Å². The van der Waals surface area contributed by atoms with Crippen LogP contribution in [0.2, 0.25) is 0 Å². The zero-order valence-corrected chi connectivity index (χ0v) is 11.8. The molecular formula is C16H22N2O2. The second kappa shape index (κ2) is 7.91. The number of terminal acetylenes is 1. The Morgan fingerprint density at radius 3 is 2.55 bits per heavy atom. The van der Waals surface area contributed by atoms with Gasteiger partial charge in [-0.15, -0.1) is 6.42 Å². The molecular weight excluding hydrogens is 252 g/mol. The van der Waals surface area contributed by atoms with E-state index in [-0.39, 0.29) is 6.61 Å². The summed E-state index contributed by atoms with van der Waals surface area (Å²) in [5.74, 6) is 3.38. The number of β-amino-alcohol motifs (C(OH)–C–C–N with tert-alkyl or cyclic N) is 1. The maximum absolute atomic E-state index is 8.95. The molecule has 1 saturated heterocycles. The van der Waals surface area contributed by atoms with Crippen LogP contribution in [0.4, 0.5) is 0 Å². The molecule has 0 spiro atoms. The predicted octanol–water partition coefficient (Wildman–Crippen LogP) is 0.808. The van der Waals surface area contributed by atoms with E-state index in [9.17, 15) is 0 Å². The lowest BCUT2D eigenvalue weighted by Gasteiger charge is -2.34. The molecule has 1 aromatic rings. The molecule has 0 amide bonds. The van der Waals surface area contributed by atoms with Crippen LogP contribution in [0.15, 0.2) is 24.3 Å². The number of hydrogen-bond acceptors (Lipinski definition) is 4. The van der Waals surface area contributed by atoms with Gasteiger partial charge in [0.2, 0.25) is 0 Å². The highest BCUT2D eigenvalue weighted by atomic mass is 16.5. The SMILES string of the molecule is C#CCOc1ccccc1CN1CCN(CCO)CC1. The molecule has 0 unspecified atom stereocenters. The fraction of sp³-hybridized carbons (Fsp3) is 0.500. The van der Waals surface area contributed by atoms with Crippen LogP contribution in [0.3, 0.4) is 0 Å². The number of benzene rings is 1. The normalized spacial score (nSPS) is 16.8. The number of ether oxygens (including phenoxy) is 1. The number of piperazine rings is 1. The summed E-state index contributed by atoms with van der Waals surface area (Å²) in [7, 11) is 0. The van der Waals surface area contributed by atoms with Crippen molar-refractivity contribution in [3.63, 3.8) is 0 Å². The Labute approximate surface area is 121 Å². The fourth-order valence-corrected chi connectivity index (χ4v) is 2.45. The maximum atomic E-state index is 8.95. The Hall–Kier alpha value is -1.54. The van der Waals surface area contributed by atoms with E-state index < -0.39 is 0 Å². The highest BCUT2D eigenvalue weighted by molar-refractivity contribution is 5.33. The molecule has 108 valence electrons. The van der Waals surface area contributed by atoms with Crippen molar-refractivity contribution in [2.75, 3.05) is 45.9 Å². The van der Waals surface area contributed by atoms with Crippen LogP contribution in [0.25, 0.3) is 0 Å². The average Bonchev–Trinajstić information content (AvgIpc) is 2.49. The van der Waals surface area contributed by atoms with Gasteiger partial charge in [0.15, 0.2) is 0 Å². The molecule has 0 saturated carbocycles. The van der Waals surface area contributed by atoms with Crippen molar-refractivity contribution < 1.29 is 9.84 Å². The molecule has 1 fully saturated rings. The summed E-state index contributed by atoms with van der Waals surface area (Å²) >= 11 is 0. The van der Waals surface area contributed by atoms with Crippen molar-refractivity contribution in [2.45, 2.75) is 6.54 Å². The van der Waals surface area contributed by atoms with Crippen LogP contribution in [0.1, 0.15) is 5.56 Å². The van der Waals surface area contributed by atoms with Crippen LogP contribution in [-0.2, 0) is 6.54 Å². The molecule has 4 nitrogen and oxygen atoms in total. The van der Waals surface area contributed by atoms with Gasteiger partial charge in [-0.1, -0.05) is 24.1 Å². The first-order valence-corrected chi connectivity index (χ1v) is 7.03. The third-order valence-electron chi connectivity index (χ3n) is 3.56. The third-order valence-corrected chi connectivity index (χ3v) is 3.56. The lowest BCUT2D eigenvalue weighted by molar-refractivity contribution is 0.108. The number of aliphatic hydroxyl groups is 1. The molecule has 0 bridgehead atoms. The van der Waals surface area contributed by atoms with Gasteiger partial charge in [0.1, 0.15) is 12.4 Å². The van der Waals surface area contributed by atoms with Gasteiger partial charge in [0.25, 0.3) is 0 Å². The minimum Gasteiger partial charge on any atom is -0.481 e. The summed E-state index contributed by atoms with van der Waals surface area (Å²) < 4.78 is 5.58. The van der Waals surface area contributed by atoms with Crippen molar-refractivity contribution in [1.82, 2.24) is 9.80 Å². The molecule has 1 aliphatic heterocycles. The van der Waals surface area contributed by atoms with Crippen LogP contribution in [0, 0.1) is 12.3 Å². The molecule has 0 aromatic heterocycles. The quantitative estimate of drug-likeness (QED) is 0.779. The van der Waals surface area contributed by atoms with E-state index in [1.807, 2.05) is 18.2 Å². The van der Waals surface area contributed by atoms with E-state index in [4.69, 9.17) is 16.3 Å². The van der Waals surface area contributed by atoms with Crippen molar-refractivity contribution in [3.8, 4) is 18.1 Å². The Bertz CT molecular complexity index is 448. The molecule has 20 heavy (non-hydrogen) atoms. The Kier molecular flexibility index (Phi) is 5.87. The second-order valence-corrected chi connectivity index (χ2v) is 4.94. The molecule has 1 N–H and O–H groups in total. The van der Waals surface area contributed by atoms with Crippen molar-refractivity contribution >= 4 is 0 Å². The van der Waals surface area contributed by atoms with Gasteiger partial charge in [-0.25, -0.2) is 0 Å². The van der Waals surface area contributed by atoms with E-state index in [0.717, 1.165) is 45.0 Å². The number of rotatable bonds is 6. The van der Waals surface area contributed by atoms with Gasteiger partial charge in [0.05, 0.1) is 6.61 Å². The molecule has 1 aromatic carbocycles. The molecule has 4 heteroatoms. The summed E-state index contributed by atoms with van der Waals surface area (Å²) in [6, 6.07) is 8.05. The topological polar surface area (TPSA) is 35.9 Å². The lowest BCUT2D eigenvalue weighted by atomic mass is 10.1. The highest BCUT2D eigenvalue weighted by Gasteiger charge is 2.17. The van der Waals surface area contributed by atoms with Crippen LogP contribution in [0.5, 0.6) is 5.75 Å². The van der Waals surface area contributed by atoms with Crippen LogP contribution in [-0.4, -0.2) is 60.8 Å². The molecule has 1 aliphatic rings. The van der Waals surface area contributed by atoms with Crippen LogP contribution >= 0.6 is 0 Å². The summed E-state index contributed by atoms with van der Waals surface area (Å²) in [4.78, 5) is 4.70. The number of hydrogen-bond donors (Lipinski definition) is 1. The Morgan fingerprint density at radius 2 is 1.85 bits per heavy atom. The van der Waals surface area contributed by atoms with Crippen molar-refractivity contribution in [1.29, 1.82) is 0 Å². The minimum atomic E-state index is 0.239. The average molecular weight is 274 g/mol. The predicted molar refractivity (Wildman–Crippen MR) is 79.6 cm³/mol. The summed E-state index contributed by atoms with van der Waals surface area (Å²) in [6.45, 7) is 6.25. The van der Waals surface area contributed by atoms with Crippen molar-refractivity contribution in [2.24, 2.45) is 0 Å². The summed E-state index contributed by atoms with van der Waals surface area (Å²) in [5.41, 5.74) is 1.18. The molecule has 0 atom stereocenters. The number of nitrogens with zero attached hydrogens (tertiary/aromatic N) is 2. The first-order chi connectivity index (χ1) is 9.83. The smallest absolute Gasteiger partial charge is 0.148 e. The van der Waals surface area contributed by atoms with E-state index in [1.54, 1.807) is 0 Å². The first kappa shape index (κ1) is 14.9. The van der Waals surface area contributed by atoms with Gasteiger partial charge in [-0.3, -0.25) is 9.80 Å². The van der Waals surface area contributed by atoms with Gasteiger partial charge in [-0.2, -0.15) is 0 Å². The van der Waals surface area contributed by atoms with E-state index >= 15 is 0 Å². The maximum Gasteiger partial charge on any atom is 0.148 e. The van der Waals surface area contributed by atoms with Gasteiger partial charge < -0.3 is 9.84 Å². The first-order valence-electron chi connectivity index (χ1n) is 7.03. The highest BCUT2D eigenvalue weighted by Crippen LogP contribution is 2.20. The zero-order valence-electron chi connectivity index (χ0n) is 11.8. The Balaban J connectivity index is 1.89. The van der Waals surface area contributed by atoms with Gasteiger partial charge in [-0.05, 0) is 6.07 Å². The molecule has 2 rings (SSSR count). The summed E-state index contributed by atoms with van der Waals surface area (Å²) in [6.07, 6.45) is 5.24. The number of aliphatic hydroxyl groups excluding tert-OH is 1. The van der Waals surface area contributed by atoms with E-state index in [1.165, 1.54) is 5.56 Å². The molecule has 0 radical (unpaired) electrons. The number of para-hydroxylation sites is 1. The lowest BCUT2D eigenvalue weighted by Crippen LogP contribution is -2.46. The third kappa shape index (κ3) is 4.24. The second-order valence-electron chi connectivity index (χ2n) is 4.94. The Morgan fingerprint density at radius 1 is 1.15 bits per heavy atom. The van der Waals surface area contributed by atoms with Gasteiger partial charge >= 0.3 is 0 Å². The fourth-order valence-electron chi connectivity index (χ4n) is 2.45.